The molecule has 0 aliphatic heterocycles. The normalized spacial score (nSPS) is 12.2. The molecule has 3 N–H and O–H groups in total. The number of rotatable bonds is 8. The van der Waals surface area contributed by atoms with Crippen molar-refractivity contribution in [1.29, 1.82) is 0 Å². The molecule has 0 aliphatic rings. The number of unbranched alkanes of at least 4 members (excludes halogenated alkanes) is 1. The SMILES string of the molecule is CCCCC(N)C(=O)NCc1ccc(OC(F)F)cc1. The number of hydrogen-bond acceptors (Lipinski definition) is 3. The molecule has 0 saturated carbocycles. The van der Waals surface area contributed by atoms with Crippen molar-refractivity contribution in [2.24, 2.45) is 5.73 Å². The van der Waals surface area contributed by atoms with E-state index in [1.54, 1.807) is 12.1 Å². The fourth-order valence-electron chi connectivity index (χ4n) is 1.66. The van der Waals surface area contributed by atoms with E-state index in [1.807, 2.05) is 6.92 Å². The van der Waals surface area contributed by atoms with Gasteiger partial charge in [-0.15, -0.1) is 0 Å². The molecule has 1 rings (SSSR count). The molecule has 1 unspecified atom stereocenters. The predicted octanol–water partition coefficient (Wildman–Crippen LogP) is 2.42. The van der Waals surface area contributed by atoms with Crippen molar-refractivity contribution in [3.63, 3.8) is 0 Å². The summed E-state index contributed by atoms with van der Waals surface area (Å²) < 4.78 is 28.2. The lowest BCUT2D eigenvalue weighted by Crippen LogP contribution is -2.40. The fourth-order valence-corrected chi connectivity index (χ4v) is 1.66. The summed E-state index contributed by atoms with van der Waals surface area (Å²) in [6.07, 6.45) is 2.56. The number of amides is 1. The number of carbonyl (C=O) groups is 1. The minimum atomic E-state index is -2.84. The van der Waals surface area contributed by atoms with Gasteiger partial charge >= 0.3 is 6.61 Å². The Bertz CT molecular complexity index is 410. The van der Waals surface area contributed by atoms with Gasteiger partial charge in [-0.3, -0.25) is 4.79 Å². The van der Waals surface area contributed by atoms with E-state index in [0.717, 1.165) is 18.4 Å². The Morgan fingerprint density at radius 1 is 1.35 bits per heavy atom. The predicted molar refractivity (Wildman–Crippen MR) is 72.4 cm³/mol. The van der Waals surface area contributed by atoms with Crippen molar-refractivity contribution in [1.82, 2.24) is 5.32 Å². The van der Waals surface area contributed by atoms with Crippen LogP contribution in [0.15, 0.2) is 24.3 Å². The van der Waals surface area contributed by atoms with Gasteiger partial charge in [0.05, 0.1) is 6.04 Å². The Balaban J connectivity index is 2.39. The molecule has 1 aromatic rings. The molecule has 1 amide bonds. The number of alkyl halides is 2. The van der Waals surface area contributed by atoms with Crippen molar-refractivity contribution in [2.45, 2.75) is 45.4 Å². The van der Waals surface area contributed by atoms with Crippen LogP contribution in [0, 0.1) is 0 Å². The molecule has 112 valence electrons. The molecule has 0 spiro atoms. The fraction of sp³-hybridized carbons (Fsp3) is 0.500. The second-order valence-electron chi connectivity index (χ2n) is 4.49. The zero-order valence-electron chi connectivity index (χ0n) is 11.4. The second kappa shape index (κ2) is 8.47. The molecule has 1 atom stereocenters. The van der Waals surface area contributed by atoms with E-state index in [-0.39, 0.29) is 11.7 Å². The highest BCUT2D eigenvalue weighted by Crippen LogP contribution is 2.14. The molecule has 0 fully saturated rings. The molecule has 0 aliphatic carbocycles. The number of ether oxygens (including phenoxy) is 1. The molecule has 0 aromatic heterocycles. The summed E-state index contributed by atoms with van der Waals surface area (Å²) in [5.74, 6) is -0.110. The summed E-state index contributed by atoms with van der Waals surface area (Å²) in [5, 5.41) is 2.71. The monoisotopic (exact) mass is 286 g/mol. The van der Waals surface area contributed by atoms with Crippen LogP contribution in [0.4, 0.5) is 8.78 Å². The third kappa shape index (κ3) is 5.97. The van der Waals surface area contributed by atoms with E-state index >= 15 is 0 Å². The molecule has 4 nitrogen and oxygen atoms in total. The van der Waals surface area contributed by atoms with Crippen LogP contribution in [0.2, 0.25) is 0 Å². The first kappa shape index (κ1) is 16.4. The number of benzene rings is 1. The van der Waals surface area contributed by atoms with Gasteiger partial charge in [-0.2, -0.15) is 8.78 Å². The Hall–Kier alpha value is -1.69. The zero-order chi connectivity index (χ0) is 15.0. The number of nitrogens with one attached hydrogen (secondary N) is 1. The van der Waals surface area contributed by atoms with E-state index in [2.05, 4.69) is 10.1 Å². The summed E-state index contributed by atoms with van der Waals surface area (Å²) in [6.45, 7) is -0.488. The maximum absolute atomic E-state index is 12.0. The van der Waals surface area contributed by atoms with Gasteiger partial charge in [-0.25, -0.2) is 0 Å². The lowest BCUT2D eigenvalue weighted by atomic mass is 10.1. The minimum absolute atomic E-state index is 0.0923. The van der Waals surface area contributed by atoms with E-state index in [0.29, 0.717) is 13.0 Å². The summed E-state index contributed by atoms with van der Waals surface area (Å²) in [5.41, 5.74) is 6.53. The van der Waals surface area contributed by atoms with Crippen molar-refractivity contribution in [3.05, 3.63) is 29.8 Å². The maximum atomic E-state index is 12.0. The van der Waals surface area contributed by atoms with E-state index in [4.69, 9.17) is 5.73 Å². The summed E-state index contributed by atoms with van der Waals surface area (Å²) in [4.78, 5) is 11.7. The van der Waals surface area contributed by atoms with Gasteiger partial charge < -0.3 is 15.8 Å². The minimum Gasteiger partial charge on any atom is -0.435 e. The molecule has 20 heavy (non-hydrogen) atoms. The van der Waals surface area contributed by atoms with Gasteiger partial charge in [0.2, 0.25) is 5.91 Å². The maximum Gasteiger partial charge on any atom is 0.387 e. The molecule has 0 saturated heterocycles. The topological polar surface area (TPSA) is 64.4 Å². The summed E-state index contributed by atoms with van der Waals surface area (Å²) >= 11 is 0. The highest BCUT2D eigenvalue weighted by molar-refractivity contribution is 5.81. The Labute approximate surface area is 117 Å². The first-order valence-electron chi connectivity index (χ1n) is 6.60. The molecule has 1 aromatic carbocycles. The van der Waals surface area contributed by atoms with Crippen molar-refractivity contribution in [2.75, 3.05) is 0 Å². The number of hydrogen-bond donors (Lipinski definition) is 2. The van der Waals surface area contributed by atoms with Crippen molar-refractivity contribution >= 4 is 5.91 Å². The molecule has 0 bridgehead atoms. The third-order valence-corrected chi connectivity index (χ3v) is 2.82. The van der Waals surface area contributed by atoms with Crippen LogP contribution in [0.1, 0.15) is 31.7 Å². The Kier molecular flexibility index (Phi) is 6.93. The van der Waals surface area contributed by atoms with Crippen LogP contribution in [0.25, 0.3) is 0 Å². The van der Waals surface area contributed by atoms with Crippen LogP contribution in [-0.2, 0) is 11.3 Å². The van der Waals surface area contributed by atoms with Gasteiger partial charge in [0.1, 0.15) is 5.75 Å². The van der Waals surface area contributed by atoms with Crippen LogP contribution < -0.4 is 15.8 Å². The van der Waals surface area contributed by atoms with Gasteiger partial charge in [0.25, 0.3) is 0 Å². The van der Waals surface area contributed by atoms with Gasteiger partial charge in [-0.1, -0.05) is 31.9 Å². The first-order valence-corrected chi connectivity index (χ1v) is 6.60. The average molecular weight is 286 g/mol. The zero-order valence-corrected chi connectivity index (χ0v) is 11.4. The van der Waals surface area contributed by atoms with Gasteiger partial charge in [-0.05, 0) is 24.1 Å². The second-order valence-corrected chi connectivity index (χ2v) is 4.49. The summed E-state index contributed by atoms with van der Waals surface area (Å²) in [6, 6.07) is 5.61. The number of carbonyl (C=O) groups excluding carboxylic acids is 1. The number of nitrogens with two attached hydrogens (primary N) is 1. The Morgan fingerprint density at radius 2 is 2.00 bits per heavy atom. The van der Waals surface area contributed by atoms with Crippen molar-refractivity contribution < 1.29 is 18.3 Å². The van der Waals surface area contributed by atoms with Gasteiger partial charge in [0.15, 0.2) is 0 Å². The molecular weight excluding hydrogens is 266 g/mol. The van der Waals surface area contributed by atoms with E-state index in [9.17, 15) is 13.6 Å². The molecule has 0 heterocycles. The molecule has 0 radical (unpaired) electrons. The van der Waals surface area contributed by atoms with Crippen LogP contribution in [0.3, 0.4) is 0 Å². The molecular formula is C14H20F2N2O2. The average Bonchev–Trinajstić information content (AvgIpc) is 2.43. The number of halogens is 2. The standard InChI is InChI=1S/C14H20F2N2O2/c1-2-3-4-12(17)13(19)18-9-10-5-7-11(8-6-10)20-14(15)16/h5-8,12,14H,2-4,9,17H2,1H3,(H,18,19). The highest BCUT2D eigenvalue weighted by Gasteiger charge is 2.12. The van der Waals surface area contributed by atoms with E-state index in [1.165, 1.54) is 12.1 Å². The van der Waals surface area contributed by atoms with Crippen molar-refractivity contribution in [3.8, 4) is 5.75 Å². The Morgan fingerprint density at radius 3 is 2.55 bits per heavy atom. The lowest BCUT2D eigenvalue weighted by Gasteiger charge is -2.12. The highest BCUT2D eigenvalue weighted by atomic mass is 19.3. The van der Waals surface area contributed by atoms with Crippen LogP contribution in [-0.4, -0.2) is 18.6 Å². The van der Waals surface area contributed by atoms with E-state index < -0.39 is 12.7 Å². The third-order valence-electron chi connectivity index (χ3n) is 2.82. The largest absolute Gasteiger partial charge is 0.435 e. The van der Waals surface area contributed by atoms with Crippen LogP contribution >= 0.6 is 0 Å². The van der Waals surface area contributed by atoms with Crippen LogP contribution in [0.5, 0.6) is 5.75 Å². The summed E-state index contributed by atoms with van der Waals surface area (Å²) in [7, 11) is 0. The molecule has 6 heteroatoms. The lowest BCUT2D eigenvalue weighted by molar-refractivity contribution is -0.122. The first-order chi connectivity index (χ1) is 9.52. The smallest absolute Gasteiger partial charge is 0.387 e. The van der Waals surface area contributed by atoms with Gasteiger partial charge in [0, 0.05) is 6.54 Å². The quantitative estimate of drug-likeness (QED) is 0.771.